The van der Waals surface area contributed by atoms with Crippen molar-refractivity contribution in [2.45, 2.75) is 13.0 Å². The van der Waals surface area contributed by atoms with Gasteiger partial charge in [0.25, 0.3) is 0 Å². The van der Waals surface area contributed by atoms with Crippen LogP contribution in [0.2, 0.25) is 0 Å². The first-order valence-electron chi connectivity index (χ1n) is 8.84. The number of hydrazone groups is 1. The molecule has 0 amide bonds. The Balaban J connectivity index is 1.47. The summed E-state index contributed by atoms with van der Waals surface area (Å²) in [5, 5.41) is 11.9. The van der Waals surface area contributed by atoms with E-state index in [4.69, 9.17) is 0 Å². The van der Waals surface area contributed by atoms with E-state index in [1.54, 1.807) is 4.68 Å². The first kappa shape index (κ1) is 15.6. The number of anilines is 1. The summed E-state index contributed by atoms with van der Waals surface area (Å²) in [5.74, 6) is 0. The fraction of sp³-hybridized carbons (Fsp3) is 0.150. The molecule has 7 nitrogen and oxygen atoms in total. The van der Waals surface area contributed by atoms with Crippen LogP contribution in [-0.4, -0.2) is 25.5 Å². The Morgan fingerprint density at radius 3 is 2.96 bits per heavy atom. The van der Waals surface area contributed by atoms with Crippen LogP contribution in [0.25, 0.3) is 10.9 Å². The van der Waals surface area contributed by atoms with Gasteiger partial charge in [-0.25, -0.2) is 5.53 Å². The highest BCUT2D eigenvalue weighted by molar-refractivity contribution is 6.10. The highest BCUT2D eigenvalue weighted by atomic mass is 15.7. The minimum absolute atomic E-state index is 0.101. The third kappa shape index (κ3) is 2.64. The number of hydrazine groups is 1. The summed E-state index contributed by atoms with van der Waals surface area (Å²) in [6.07, 6.45) is 11.7. The van der Waals surface area contributed by atoms with E-state index in [0.717, 1.165) is 28.0 Å². The number of aryl methyl sites for hydroxylation is 1. The summed E-state index contributed by atoms with van der Waals surface area (Å²) in [6, 6.07) is 10.5. The second kappa shape index (κ2) is 5.98. The van der Waals surface area contributed by atoms with Gasteiger partial charge in [0, 0.05) is 37.2 Å². The van der Waals surface area contributed by atoms with Gasteiger partial charge in [-0.2, -0.15) is 10.2 Å². The van der Waals surface area contributed by atoms with Gasteiger partial charge in [-0.1, -0.05) is 12.1 Å². The topological polar surface area (TPSA) is 61.6 Å². The molecule has 2 aromatic heterocycles. The fourth-order valence-corrected chi connectivity index (χ4v) is 3.42. The van der Waals surface area contributed by atoms with Crippen LogP contribution in [-0.2, 0) is 7.05 Å². The van der Waals surface area contributed by atoms with Gasteiger partial charge < -0.3 is 4.90 Å². The smallest absolute Gasteiger partial charge is 0.113 e. The molecule has 134 valence electrons. The minimum Gasteiger partial charge on any atom is -0.319 e. The van der Waals surface area contributed by atoms with E-state index in [2.05, 4.69) is 68.0 Å². The van der Waals surface area contributed by atoms with Crippen LogP contribution in [0.5, 0.6) is 0 Å². The average Bonchev–Trinajstić information content (AvgIpc) is 3.32. The predicted molar refractivity (Wildman–Crippen MR) is 105 cm³/mol. The molecule has 4 heterocycles. The Morgan fingerprint density at radius 1 is 1.19 bits per heavy atom. The quantitative estimate of drug-likeness (QED) is 0.781. The number of aromatic nitrogens is 3. The molecule has 0 bridgehead atoms. The number of rotatable bonds is 3. The normalized spacial score (nSPS) is 16.8. The number of hydrogen-bond acceptors (Lipinski definition) is 6. The van der Waals surface area contributed by atoms with Gasteiger partial charge in [0.1, 0.15) is 11.4 Å². The third-order valence-electron chi connectivity index (χ3n) is 4.94. The maximum absolute atomic E-state index is 4.46. The van der Waals surface area contributed by atoms with Crippen molar-refractivity contribution in [2.75, 3.05) is 4.90 Å². The van der Waals surface area contributed by atoms with E-state index < -0.39 is 0 Å². The maximum Gasteiger partial charge on any atom is 0.113 e. The fourth-order valence-electron chi connectivity index (χ4n) is 3.42. The Labute approximate surface area is 156 Å². The lowest BCUT2D eigenvalue weighted by Crippen LogP contribution is -2.34. The number of benzene rings is 1. The lowest BCUT2D eigenvalue weighted by atomic mass is 10.0. The van der Waals surface area contributed by atoms with E-state index in [1.165, 1.54) is 5.56 Å². The molecule has 0 spiro atoms. The lowest BCUT2D eigenvalue weighted by molar-refractivity contribution is 0.217. The Bertz CT molecular complexity index is 1110. The molecule has 27 heavy (non-hydrogen) atoms. The van der Waals surface area contributed by atoms with Crippen LogP contribution in [0.15, 0.2) is 78.2 Å². The molecule has 1 unspecified atom stereocenters. The minimum atomic E-state index is 0.101. The first-order valence-corrected chi connectivity index (χ1v) is 8.84. The van der Waals surface area contributed by atoms with Gasteiger partial charge in [-0.15, -0.1) is 0 Å². The van der Waals surface area contributed by atoms with Gasteiger partial charge in [-0.05, 0) is 36.8 Å². The zero-order valence-corrected chi connectivity index (χ0v) is 15.1. The van der Waals surface area contributed by atoms with Crippen molar-refractivity contribution in [3.8, 4) is 0 Å². The SMILES string of the molecule is CC(c1ccc2ncccc2c1)N1NN=C2C=CN(c3cnn(C)c3)C=C21. The second-order valence-corrected chi connectivity index (χ2v) is 6.71. The van der Waals surface area contributed by atoms with Crippen molar-refractivity contribution in [2.24, 2.45) is 12.1 Å². The highest BCUT2D eigenvalue weighted by Gasteiger charge is 2.29. The number of pyridine rings is 1. The molecule has 3 aromatic rings. The Hall–Kier alpha value is -3.61. The van der Waals surface area contributed by atoms with Crippen molar-refractivity contribution < 1.29 is 0 Å². The van der Waals surface area contributed by atoms with Gasteiger partial charge in [0.2, 0.25) is 0 Å². The summed E-state index contributed by atoms with van der Waals surface area (Å²) in [6.45, 7) is 2.16. The molecule has 1 N–H and O–H groups in total. The van der Waals surface area contributed by atoms with Gasteiger partial charge >= 0.3 is 0 Å². The largest absolute Gasteiger partial charge is 0.319 e. The maximum atomic E-state index is 4.46. The van der Waals surface area contributed by atoms with Gasteiger partial charge in [-0.3, -0.25) is 14.7 Å². The van der Waals surface area contributed by atoms with E-state index in [1.807, 2.05) is 44.0 Å². The summed E-state index contributed by atoms with van der Waals surface area (Å²) in [7, 11) is 1.91. The summed E-state index contributed by atoms with van der Waals surface area (Å²) >= 11 is 0. The van der Waals surface area contributed by atoms with Crippen LogP contribution >= 0.6 is 0 Å². The molecule has 0 radical (unpaired) electrons. The molecular weight excluding hydrogens is 338 g/mol. The number of nitrogens with zero attached hydrogens (tertiary/aromatic N) is 6. The second-order valence-electron chi connectivity index (χ2n) is 6.71. The summed E-state index contributed by atoms with van der Waals surface area (Å²) < 4.78 is 1.79. The zero-order valence-electron chi connectivity index (χ0n) is 15.1. The van der Waals surface area contributed by atoms with E-state index in [-0.39, 0.29) is 6.04 Å². The molecule has 0 saturated carbocycles. The zero-order chi connectivity index (χ0) is 18.4. The first-order chi connectivity index (χ1) is 13.2. The van der Waals surface area contributed by atoms with Crippen LogP contribution in [0, 0.1) is 0 Å². The molecule has 2 aliphatic rings. The molecule has 7 heteroatoms. The van der Waals surface area contributed by atoms with E-state index in [9.17, 15) is 0 Å². The van der Waals surface area contributed by atoms with E-state index in [0.29, 0.717) is 0 Å². The van der Waals surface area contributed by atoms with Crippen LogP contribution in [0.4, 0.5) is 5.69 Å². The highest BCUT2D eigenvalue weighted by Crippen LogP contribution is 2.30. The standard InChI is InChI=1S/C20H19N7/c1-14(15-5-6-18-16(10-15)4-3-8-21-18)27-20-13-26(9-7-19(20)23-24-27)17-11-22-25(2)12-17/h3-14,24H,1-2H3. The summed E-state index contributed by atoms with van der Waals surface area (Å²) in [4.78, 5) is 6.46. The van der Waals surface area contributed by atoms with Crippen molar-refractivity contribution in [3.05, 3.63) is 78.7 Å². The Kier molecular flexibility index (Phi) is 3.46. The molecule has 0 saturated heterocycles. The van der Waals surface area contributed by atoms with Crippen molar-refractivity contribution >= 4 is 22.3 Å². The summed E-state index contributed by atoms with van der Waals surface area (Å²) in [5.41, 5.74) is 8.32. The molecule has 0 fully saturated rings. The molecular formula is C20H19N7. The molecule has 1 atom stereocenters. The number of allylic oxidation sites excluding steroid dienone is 1. The number of nitrogens with one attached hydrogen (secondary N) is 1. The molecule has 1 aromatic carbocycles. The lowest BCUT2D eigenvalue weighted by Gasteiger charge is -2.29. The van der Waals surface area contributed by atoms with Crippen molar-refractivity contribution in [1.82, 2.24) is 25.3 Å². The van der Waals surface area contributed by atoms with E-state index >= 15 is 0 Å². The number of hydrogen-bond donors (Lipinski definition) is 1. The Morgan fingerprint density at radius 2 is 2.11 bits per heavy atom. The van der Waals surface area contributed by atoms with Gasteiger partial charge in [0.15, 0.2) is 0 Å². The predicted octanol–water partition coefficient (Wildman–Crippen LogP) is 3.08. The average molecular weight is 357 g/mol. The van der Waals surface area contributed by atoms with Crippen LogP contribution in [0.3, 0.4) is 0 Å². The third-order valence-corrected chi connectivity index (χ3v) is 4.94. The van der Waals surface area contributed by atoms with Gasteiger partial charge in [0.05, 0.1) is 23.4 Å². The molecule has 0 aliphatic carbocycles. The molecule has 2 aliphatic heterocycles. The van der Waals surface area contributed by atoms with Crippen molar-refractivity contribution in [3.63, 3.8) is 0 Å². The molecule has 5 rings (SSSR count). The number of fused-ring (bicyclic) bond motifs is 2. The van der Waals surface area contributed by atoms with Crippen LogP contribution < -0.4 is 10.4 Å². The van der Waals surface area contributed by atoms with Crippen molar-refractivity contribution in [1.29, 1.82) is 0 Å². The van der Waals surface area contributed by atoms with Crippen LogP contribution in [0.1, 0.15) is 18.5 Å². The monoisotopic (exact) mass is 357 g/mol.